The van der Waals surface area contributed by atoms with Crippen molar-refractivity contribution >= 4 is 22.4 Å². The fourth-order valence-electron chi connectivity index (χ4n) is 2.09. The van der Waals surface area contributed by atoms with Gasteiger partial charge in [0.25, 0.3) is 0 Å². The lowest BCUT2D eigenvalue weighted by atomic mass is 10.0. The first-order valence-electron chi connectivity index (χ1n) is 5.74. The maximum Gasteiger partial charge on any atom is 0.197 e. The number of nitrogens with two attached hydrogens (primary N) is 1. The van der Waals surface area contributed by atoms with Crippen molar-refractivity contribution in [2.75, 3.05) is 24.7 Å². The minimum atomic E-state index is 0.482. The van der Waals surface area contributed by atoms with Gasteiger partial charge in [0.2, 0.25) is 0 Å². The highest BCUT2D eigenvalue weighted by atomic mass is 32.1. The summed E-state index contributed by atoms with van der Waals surface area (Å²) in [6.45, 7) is 3.25. The van der Waals surface area contributed by atoms with Gasteiger partial charge in [-0.05, 0) is 36.2 Å². The second kappa shape index (κ2) is 4.49. The zero-order valence-corrected chi connectivity index (χ0v) is 10.7. The number of nitrogen functional groups attached to an aromatic ring is 1. The smallest absolute Gasteiger partial charge is 0.197 e. The lowest BCUT2D eigenvalue weighted by Crippen LogP contribution is -2.14. The van der Waals surface area contributed by atoms with Gasteiger partial charge in [-0.3, -0.25) is 0 Å². The van der Waals surface area contributed by atoms with Crippen molar-refractivity contribution < 1.29 is 4.74 Å². The van der Waals surface area contributed by atoms with Gasteiger partial charge in [-0.25, -0.2) is 0 Å². The van der Waals surface area contributed by atoms with Crippen LogP contribution in [0.2, 0.25) is 0 Å². The average Bonchev–Trinajstić information content (AvgIpc) is 2.94. The molecule has 0 aromatic carbocycles. The van der Waals surface area contributed by atoms with E-state index in [0.29, 0.717) is 17.0 Å². The van der Waals surface area contributed by atoms with Crippen molar-refractivity contribution in [3.05, 3.63) is 0 Å². The van der Waals surface area contributed by atoms with Crippen LogP contribution in [0.15, 0.2) is 0 Å². The van der Waals surface area contributed by atoms with Gasteiger partial charge in [-0.15, -0.1) is 0 Å². The predicted molar refractivity (Wildman–Crippen MR) is 68.1 cm³/mol. The molecule has 0 radical (unpaired) electrons. The molecule has 3 N–H and O–H groups in total. The fourth-order valence-corrected chi connectivity index (χ4v) is 2.77. The largest absolute Gasteiger partial charge is 0.490 e. The van der Waals surface area contributed by atoms with Gasteiger partial charge in [0.05, 0.1) is 7.11 Å². The van der Waals surface area contributed by atoms with Crippen LogP contribution in [0.25, 0.3) is 0 Å². The molecule has 1 fully saturated rings. The molecule has 2 rings (SSSR count). The number of ether oxygens (including phenoxy) is 1. The summed E-state index contributed by atoms with van der Waals surface area (Å²) in [4.78, 5) is 0. The Bertz CT molecular complexity index is 360. The first-order valence-corrected chi connectivity index (χ1v) is 6.51. The summed E-state index contributed by atoms with van der Waals surface area (Å²) in [5.41, 5.74) is 6.23. The van der Waals surface area contributed by atoms with Crippen molar-refractivity contribution in [1.29, 1.82) is 0 Å². The Morgan fingerprint density at radius 1 is 1.56 bits per heavy atom. The molecule has 16 heavy (non-hydrogen) atoms. The van der Waals surface area contributed by atoms with Crippen molar-refractivity contribution in [2.24, 2.45) is 5.41 Å². The number of anilines is 2. The van der Waals surface area contributed by atoms with E-state index in [9.17, 15) is 0 Å². The molecular formula is C11H19N3OS. The molecule has 0 atom stereocenters. The van der Waals surface area contributed by atoms with E-state index in [4.69, 9.17) is 10.5 Å². The van der Waals surface area contributed by atoms with Crippen molar-refractivity contribution in [3.63, 3.8) is 0 Å². The number of hydrogen-bond donors (Lipinski definition) is 2. The first kappa shape index (κ1) is 11.5. The second-order valence-electron chi connectivity index (χ2n) is 4.53. The molecule has 5 heteroatoms. The Morgan fingerprint density at radius 3 is 2.88 bits per heavy atom. The van der Waals surface area contributed by atoms with E-state index in [0.717, 1.165) is 11.5 Å². The molecule has 1 aliphatic rings. The van der Waals surface area contributed by atoms with Crippen LogP contribution in [-0.2, 0) is 0 Å². The standard InChI is InChI=1S/C11H19N3OS/c1-3-4-11(5-6-11)7-13-10-8(15-2)9(12)14-16-10/h13H,3-7H2,1-2H3,(H2,12,14). The van der Waals surface area contributed by atoms with Crippen LogP contribution in [0.1, 0.15) is 32.6 Å². The Morgan fingerprint density at radius 2 is 2.31 bits per heavy atom. The molecule has 1 saturated carbocycles. The van der Waals surface area contributed by atoms with Crippen LogP contribution in [0.5, 0.6) is 5.75 Å². The summed E-state index contributed by atoms with van der Waals surface area (Å²) in [7, 11) is 1.63. The average molecular weight is 241 g/mol. The molecule has 1 aromatic heterocycles. The lowest BCUT2D eigenvalue weighted by Gasteiger charge is -2.15. The van der Waals surface area contributed by atoms with Crippen LogP contribution in [0.4, 0.5) is 10.8 Å². The molecule has 1 aliphatic carbocycles. The fraction of sp³-hybridized carbons (Fsp3) is 0.727. The van der Waals surface area contributed by atoms with E-state index < -0.39 is 0 Å². The zero-order chi connectivity index (χ0) is 11.6. The number of rotatable bonds is 6. The third-order valence-electron chi connectivity index (χ3n) is 3.24. The highest BCUT2D eigenvalue weighted by Crippen LogP contribution is 2.50. The molecule has 1 aromatic rings. The molecule has 1 heterocycles. The third kappa shape index (κ3) is 2.24. The van der Waals surface area contributed by atoms with Gasteiger partial charge in [0, 0.05) is 6.54 Å². The quantitative estimate of drug-likeness (QED) is 0.804. The molecule has 90 valence electrons. The highest BCUT2D eigenvalue weighted by molar-refractivity contribution is 7.11. The second-order valence-corrected chi connectivity index (χ2v) is 5.31. The molecule has 0 bridgehead atoms. The molecule has 4 nitrogen and oxygen atoms in total. The van der Waals surface area contributed by atoms with Crippen molar-refractivity contribution in [3.8, 4) is 5.75 Å². The Labute approximate surface area is 100 Å². The number of aromatic nitrogens is 1. The summed E-state index contributed by atoms with van der Waals surface area (Å²) in [5, 5.41) is 4.38. The topological polar surface area (TPSA) is 60.2 Å². The monoisotopic (exact) mass is 241 g/mol. The van der Waals surface area contributed by atoms with Gasteiger partial charge in [0.1, 0.15) is 0 Å². The maximum absolute atomic E-state index is 5.70. The van der Waals surface area contributed by atoms with E-state index >= 15 is 0 Å². The minimum Gasteiger partial charge on any atom is -0.490 e. The van der Waals surface area contributed by atoms with Gasteiger partial charge in [0.15, 0.2) is 16.6 Å². The maximum atomic E-state index is 5.70. The summed E-state index contributed by atoms with van der Waals surface area (Å²) in [6, 6.07) is 0. The molecular weight excluding hydrogens is 222 g/mol. The molecule has 0 saturated heterocycles. The van der Waals surface area contributed by atoms with Crippen molar-refractivity contribution in [1.82, 2.24) is 4.37 Å². The minimum absolute atomic E-state index is 0.482. The highest BCUT2D eigenvalue weighted by Gasteiger charge is 2.41. The van der Waals surface area contributed by atoms with Crippen LogP contribution >= 0.6 is 11.5 Å². The Kier molecular flexibility index (Phi) is 3.23. The summed E-state index contributed by atoms with van der Waals surface area (Å²) >= 11 is 1.38. The van der Waals surface area contributed by atoms with Crippen LogP contribution < -0.4 is 15.8 Å². The van der Waals surface area contributed by atoms with E-state index in [-0.39, 0.29) is 0 Å². The summed E-state index contributed by atoms with van der Waals surface area (Å²) in [5.74, 6) is 1.17. The van der Waals surface area contributed by atoms with E-state index in [1.54, 1.807) is 7.11 Å². The Hall–Kier alpha value is -0.970. The zero-order valence-electron chi connectivity index (χ0n) is 9.88. The Balaban J connectivity index is 1.94. The normalized spacial score (nSPS) is 17.1. The molecule has 0 amide bonds. The molecule has 0 unspecified atom stereocenters. The van der Waals surface area contributed by atoms with Crippen LogP contribution in [0.3, 0.4) is 0 Å². The van der Waals surface area contributed by atoms with Gasteiger partial charge in [-0.1, -0.05) is 13.3 Å². The van der Waals surface area contributed by atoms with Gasteiger partial charge >= 0.3 is 0 Å². The number of nitrogens with one attached hydrogen (secondary N) is 1. The van der Waals surface area contributed by atoms with E-state index in [2.05, 4.69) is 16.6 Å². The van der Waals surface area contributed by atoms with E-state index in [1.807, 2.05) is 0 Å². The summed E-state index contributed by atoms with van der Waals surface area (Å²) < 4.78 is 9.31. The molecule has 0 aliphatic heterocycles. The number of hydrogen-bond acceptors (Lipinski definition) is 5. The summed E-state index contributed by atoms with van der Waals surface area (Å²) in [6.07, 6.45) is 5.23. The SMILES string of the molecule is CCCC1(CNc2snc(N)c2OC)CC1. The first-order chi connectivity index (χ1) is 7.71. The third-order valence-corrected chi connectivity index (χ3v) is 4.04. The predicted octanol–water partition coefficient (Wildman–Crippen LogP) is 2.73. The van der Waals surface area contributed by atoms with Gasteiger partial charge < -0.3 is 15.8 Å². The number of nitrogens with zero attached hydrogens (tertiary/aromatic N) is 1. The molecule has 0 spiro atoms. The number of methoxy groups -OCH3 is 1. The van der Waals surface area contributed by atoms with Gasteiger partial charge in [-0.2, -0.15) is 4.37 Å². The van der Waals surface area contributed by atoms with Crippen LogP contribution in [-0.4, -0.2) is 18.0 Å². The van der Waals surface area contributed by atoms with E-state index in [1.165, 1.54) is 37.2 Å². The van der Waals surface area contributed by atoms with Crippen LogP contribution in [0, 0.1) is 5.41 Å². The lowest BCUT2D eigenvalue weighted by molar-refractivity contribution is 0.418. The van der Waals surface area contributed by atoms with Crippen molar-refractivity contribution in [2.45, 2.75) is 32.6 Å².